The van der Waals surface area contributed by atoms with Gasteiger partial charge in [0, 0.05) is 10.1 Å². The van der Waals surface area contributed by atoms with Crippen LogP contribution in [0.15, 0.2) is 48.5 Å². The molecule has 6 heteroatoms. The molecule has 1 aliphatic rings. The summed E-state index contributed by atoms with van der Waals surface area (Å²) in [7, 11) is 0. The van der Waals surface area contributed by atoms with E-state index in [1.807, 2.05) is 42.5 Å². The van der Waals surface area contributed by atoms with Gasteiger partial charge in [0.1, 0.15) is 22.9 Å². The van der Waals surface area contributed by atoms with Gasteiger partial charge in [0.2, 0.25) is 0 Å². The largest absolute Gasteiger partial charge is 0.476 e. The van der Waals surface area contributed by atoms with E-state index in [0.717, 1.165) is 21.3 Å². The quantitative estimate of drug-likeness (QED) is 0.748. The Kier molecular flexibility index (Phi) is 3.79. The van der Waals surface area contributed by atoms with Crippen molar-refractivity contribution in [3.8, 4) is 11.8 Å². The Bertz CT molecular complexity index is 988. The highest BCUT2D eigenvalue weighted by Gasteiger charge is 2.28. The molecule has 0 bridgehead atoms. The summed E-state index contributed by atoms with van der Waals surface area (Å²) in [5.74, 6) is 0.556. The number of hydrogen-bond donors (Lipinski definition) is 2. The van der Waals surface area contributed by atoms with Crippen molar-refractivity contribution in [3.63, 3.8) is 0 Å². The number of nitrogens with zero attached hydrogens (tertiary/aromatic N) is 1. The highest BCUT2D eigenvalue weighted by atomic mass is 32.1. The van der Waals surface area contributed by atoms with Crippen molar-refractivity contribution < 1.29 is 9.53 Å². The van der Waals surface area contributed by atoms with E-state index in [1.54, 1.807) is 19.1 Å². The monoisotopic (exact) mass is 349 g/mol. The Balaban J connectivity index is 1.63. The van der Waals surface area contributed by atoms with Crippen LogP contribution in [0.3, 0.4) is 0 Å². The first-order valence-electron chi connectivity index (χ1n) is 7.91. The van der Waals surface area contributed by atoms with Gasteiger partial charge in [-0.05, 0) is 30.7 Å². The third-order valence-electron chi connectivity index (χ3n) is 4.07. The van der Waals surface area contributed by atoms with Crippen LogP contribution in [0.2, 0.25) is 0 Å². The normalized spacial score (nSPS) is 17.1. The molecule has 0 saturated heterocycles. The first-order valence-corrected chi connectivity index (χ1v) is 8.72. The topological polar surface area (TPSA) is 74.1 Å². The standard InChI is InChI=1S/C19H15N3O2S/c1-11(10-20)24-13-8-6-12(7-9-13)18-21-16-14-4-2-3-5-15(14)25-17(16)19(23)22-18/h2-9,11,18,21H,1H3,(H,22,23)/t11-,18+/m0/s1. The van der Waals surface area contributed by atoms with Crippen molar-refractivity contribution in [2.75, 3.05) is 5.32 Å². The zero-order valence-corrected chi connectivity index (χ0v) is 14.3. The first kappa shape index (κ1) is 15.5. The number of nitrogens with one attached hydrogen (secondary N) is 2. The molecule has 2 aromatic carbocycles. The number of nitriles is 1. The van der Waals surface area contributed by atoms with E-state index in [4.69, 9.17) is 10.00 Å². The van der Waals surface area contributed by atoms with Crippen LogP contribution in [-0.4, -0.2) is 12.0 Å². The average Bonchev–Trinajstić information content (AvgIpc) is 3.02. The molecule has 0 aliphatic carbocycles. The number of hydrogen-bond acceptors (Lipinski definition) is 5. The summed E-state index contributed by atoms with van der Waals surface area (Å²) in [5.41, 5.74) is 1.80. The Morgan fingerprint density at radius 1 is 1.16 bits per heavy atom. The van der Waals surface area contributed by atoms with Crippen LogP contribution in [0.4, 0.5) is 5.69 Å². The molecule has 2 atom stereocenters. The van der Waals surface area contributed by atoms with E-state index in [0.29, 0.717) is 10.6 Å². The van der Waals surface area contributed by atoms with Crippen molar-refractivity contribution in [3.05, 3.63) is 59.0 Å². The van der Waals surface area contributed by atoms with Crippen molar-refractivity contribution >= 4 is 33.0 Å². The molecule has 0 spiro atoms. The number of thiophene rings is 1. The van der Waals surface area contributed by atoms with E-state index in [2.05, 4.69) is 10.6 Å². The Hall–Kier alpha value is -3.04. The minimum absolute atomic E-state index is 0.0709. The summed E-state index contributed by atoms with van der Waals surface area (Å²) in [6.45, 7) is 1.69. The van der Waals surface area contributed by atoms with Crippen LogP contribution in [0.25, 0.3) is 10.1 Å². The summed E-state index contributed by atoms with van der Waals surface area (Å²) in [5, 5.41) is 16.3. The summed E-state index contributed by atoms with van der Waals surface area (Å²) in [6.07, 6.45) is -0.807. The maximum Gasteiger partial charge on any atom is 0.265 e. The van der Waals surface area contributed by atoms with Crippen LogP contribution in [0, 0.1) is 11.3 Å². The molecular formula is C19H15N3O2S. The van der Waals surface area contributed by atoms with E-state index >= 15 is 0 Å². The highest BCUT2D eigenvalue weighted by molar-refractivity contribution is 7.21. The number of amides is 1. The summed E-state index contributed by atoms with van der Waals surface area (Å²) in [4.78, 5) is 13.2. The van der Waals surface area contributed by atoms with Gasteiger partial charge >= 0.3 is 0 Å². The zero-order valence-electron chi connectivity index (χ0n) is 13.4. The third kappa shape index (κ3) is 2.79. The van der Waals surface area contributed by atoms with Crippen molar-refractivity contribution in [2.45, 2.75) is 19.2 Å². The molecule has 0 unspecified atom stereocenters. The fourth-order valence-electron chi connectivity index (χ4n) is 2.86. The molecule has 25 heavy (non-hydrogen) atoms. The molecule has 2 N–H and O–H groups in total. The molecule has 1 aliphatic heterocycles. The minimum atomic E-state index is -0.502. The number of rotatable bonds is 3. The number of carbonyl (C=O) groups is 1. The Morgan fingerprint density at radius 2 is 1.92 bits per heavy atom. The first-order chi connectivity index (χ1) is 12.2. The van der Waals surface area contributed by atoms with Gasteiger partial charge in [0.25, 0.3) is 5.91 Å². The molecule has 4 rings (SSSR count). The molecule has 2 heterocycles. The maximum atomic E-state index is 12.5. The van der Waals surface area contributed by atoms with Crippen LogP contribution in [0.5, 0.6) is 5.75 Å². The minimum Gasteiger partial charge on any atom is -0.476 e. The fourth-order valence-corrected chi connectivity index (χ4v) is 3.93. The molecular weight excluding hydrogens is 334 g/mol. The van der Waals surface area contributed by atoms with E-state index in [1.165, 1.54) is 11.3 Å². The predicted molar refractivity (Wildman–Crippen MR) is 97.8 cm³/mol. The van der Waals surface area contributed by atoms with Gasteiger partial charge in [0.05, 0.1) is 5.69 Å². The number of benzene rings is 2. The second kappa shape index (κ2) is 6.11. The van der Waals surface area contributed by atoms with Gasteiger partial charge in [-0.2, -0.15) is 5.26 Å². The van der Waals surface area contributed by atoms with Gasteiger partial charge < -0.3 is 15.4 Å². The molecule has 0 fully saturated rings. The molecule has 5 nitrogen and oxygen atoms in total. The average molecular weight is 349 g/mol. The third-order valence-corrected chi connectivity index (χ3v) is 5.24. The van der Waals surface area contributed by atoms with Crippen LogP contribution < -0.4 is 15.4 Å². The summed E-state index contributed by atoms with van der Waals surface area (Å²) < 4.78 is 6.55. The van der Waals surface area contributed by atoms with Crippen molar-refractivity contribution in [2.24, 2.45) is 0 Å². The Labute approximate surface area is 148 Å². The summed E-state index contributed by atoms with van der Waals surface area (Å²) >= 11 is 1.49. The second-order valence-electron chi connectivity index (χ2n) is 5.81. The molecule has 3 aromatic rings. The lowest BCUT2D eigenvalue weighted by atomic mass is 10.1. The maximum absolute atomic E-state index is 12.5. The van der Waals surface area contributed by atoms with Crippen LogP contribution >= 0.6 is 11.3 Å². The van der Waals surface area contributed by atoms with Crippen molar-refractivity contribution in [1.82, 2.24) is 5.32 Å². The number of fused-ring (bicyclic) bond motifs is 3. The number of ether oxygens (including phenoxy) is 1. The summed E-state index contributed by atoms with van der Waals surface area (Å²) in [6, 6.07) is 17.4. The molecule has 0 saturated carbocycles. The van der Waals surface area contributed by atoms with Crippen LogP contribution in [0.1, 0.15) is 28.3 Å². The zero-order chi connectivity index (χ0) is 17.4. The molecule has 1 amide bonds. The lowest BCUT2D eigenvalue weighted by Gasteiger charge is -2.26. The van der Waals surface area contributed by atoms with Gasteiger partial charge in [-0.3, -0.25) is 4.79 Å². The van der Waals surface area contributed by atoms with E-state index < -0.39 is 6.10 Å². The lowest BCUT2D eigenvalue weighted by Crippen LogP contribution is -2.37. The smallest absolute Gasteiger partial charge is 0.265 e. The number of anilines is 1. The highest BCUT2D eigenvalue weighted by Crippen LogP contribution is 2.39. The predicted octanol–water partition coefficient (Wildman–Crippen LogP) is 4.05. The lowest BCUT2D eigenvalue weighted by molar-refractivity contribution is 0.0940. The van der Waals surface area contributed by atoms with E-state index in [-0.39, 0.29) is 12.1 Å². The van der Waals surface area contributed by atoms with Gasteiger partial charge in [-0.1, -0.05) is 30.3 Å². The van der Waals surface area contributed by atoms with Crippen LogP contribution in [-0.2, 0) is 0 Å². The molecule has 1 aromatic heterocycles. The number of carbonyl (C=O) groups excluding carboxylic acids is 1. The Morgan fingerprint density at radius 3 is 2.68 bits per heavy atom. The van der Waals surface area contributed by atoms with Gasteiger partial charge in [-0.15, -0.1) is 11.3 Å². The fraction of sp³-hybridized carbons (Fsp3) is 0.158. The van der Waals surface area contributed by atoms with Crippen molar-refractivity contribution in [1.29, 1.82) is 5.26 Å². The SMILES string of the molecule is C[C@@H](C#N)Oc1ccc([C@H]2NC(=O)c3sc4ccccc4c3N2)cc1. The second-order valence-corrected chi connectivity index (χ2v) is 6.86. The van der Waals surface area contributed by atoms with Gasteiger partial charge in [-0.25, -0.2) is 0 Å². The molecule has 124 valence electrons. The molecule has 0 radical (unpaired) electrons. The van der Waals surface area contributed by atoms with Gasteiger partial charge in [0.15, 0.2) is 6.10 Å². The van der Waals surface area contributed by atoms with E-state index in [9.17, 15) is 4.79 Å².